The summed E-state index contributed by atoms with van der Waals surface area (Å²) in [6, 6.07) is 0. The summed E-state index contributed by atoms with van der Waals surface area (Å²) >= 11 is -2.26. The summed E-state index contributed by atoms with van der Waals surface area (Å²) in [7, 11) is 0. The Morgan fingerprint density at radius 1 is 1.40 bits per heavy atom. The molecule has 0 radical (unpaired) electrons. The van der Waals surface area contributed by atoms with Gasteiger partial charge >= 0.3 is 67.2 Å². The first-order valence-electron chi connectivity index (χ1n) is 3.67. The van der Waals surface area contributed by atoms with Crippen molar-refractivity contribution in [3.05, 3.63) is 0 Å². The van der Waals surface area contributed by atoms with E-state index in [1.54, 1.807) is 0 Å². The summed E-state index contributed by atoms with van der Waals surface area (Å²) in [5, 5.41) is 0. The second-order valence-corrected chi connectivity index (χ2v) is 16.0. The molecule has 2 nitrogen and oxygen atoms in total. The molecule has 0 aromatic rings. The second kappa shape index (κ2) is 4.21. The van der Waals surface area contributed by atoms with Gasteiger partial charge in [-0.05, 0) is 0 Å². The Bertz CT molecular complexity index is 115. The molecule has 0 atom stereocenters. The van der Waals surface area contributed by atoms with Crippen LogP contribution in [0.1, 0.15) is 19.8 Å². The maximum absolute atomic E-state index is 10.9. The monoisotopic (exact) mass is 252 g/mol. The molecule has 0 aromatic carbocycles. The van der Waals surface area contributed by atoms with Crippen LogP contribution in [0.3, 0.4) is 0 Å². The van der Waals surface area contributed by atoms with Crippen molar-refractivity contribution >= 4 is 24.8 Å². The summed E-state index contributed by atoms with van der Waals surface area (Å²) in [4.78, 5) is 17.1. The van der Waals surface area contributed by atoms with Crippen LogP contribution in [0, 0.1) is 0 Å². The third-order valence-corrected chi connectivity index (χ3v) is 3.27. The van der Waals surface area contributed by atoms with E-state index >= 15 is 0 Å². The maximum atomic E-state index is 10.9. The van der Waals surface area contributed by atoms with Gasteiger partial charge in [-0.1, -0.05) is 0 Å². The topological polar surface area (TPSA) is 26.3 Å². The number of carbonyl (C=O) groups excluding carboxylic acids is 1. The average Bonchev–Trinajstić information content (AvgIpc) is 1.59. The van der Waals surface area contributed by atoms with Crippen molar-refractivity contribution < 1.29 is 7.87 Å². The normalized spacial score (nSPS) is 11.2. The molecule has 0 spiro atoms. The van der Waals surface area contributed by atoms with Crippen LogP contribution in [0.25, 0.3) is 0 Å². The number of rotatable bonds is 3. The van der Waals surface area contributed by atoms with Gasteiger partial charge < -0.3 is 0 Å². The number of carbonyl (C=O) groups is 1. The molecule has 0 N–H and O–H groups in total. The van der Waals surface area contributed by atoms with Gasteiger partial charge in [0.25, 0.3) is 0 Å². The zero-order chi connectivity index (χ0) is 8.20. The third kappa shape index (κ3) is 6.39. The van der Waals surface area contributed by atoms with E-state index in [0.29, 0.717) is 6.42 Å². The molecular weight excluding hydrogens is 235 g/mol. The Morgan fingerprint density at radius 3 is 2.20 bits per heavy atom. The van der Waals surface area contributed by atoms with Crippen LogP contribution in [0.2, 0.25) is 14.8 Å². The van der Waals surface area contributed by atoms with Gasteiger partial charge in [0.05, 0.1) is 0 Å². The molecular formula is C7H16O2Sn. The van der Waals surface area contributed by atoms with E-state index in [2.05, 4.69) is 14.8 Å². The van der Waals surface area contributed by atoms with E-state index in [1.165, 1.54) is 0 Å². The minimum atomic E-state index is -2.26. The Kier molecular flexibility index (Phi) is 4.32. The zero-order valence-corrected chi connectivity index (χ0v) is 10.1. The molecule has 0 heterocycles. The summed E-state index contributed by atoms with van der Waals surface area (Å²) in [6.07, 6.45) is 1.47. The van der Waals surface area contributed by atoms with Gasteiger partial charge in [0.15, 0.2) is 0 Å². The van der Waals surface area contributed by atoms with Crippen LogP contribution in [0.4, 0.5) is 0 Å². The van der Waals surface area contributed by atoms with Gasteiger partial charge in [-0.3, -0.25) is 0 Å². The van der Waals surface area contributed by atoms with Crippen molar-refractivity contribution in [3.8, 4) is 0 Å². The van der Waals surface area contributed by atoms with Crippen LogP contribution in [0.5, 0.6) is 0 Å². The second-order valence-electron chi connectivity index (χ2n) is 3.34. The fourth-order valence-corrected chi connectivity index (χ4v) is 2.84. The first kappa shape index (κ1) is 10.3. The molecule has 0 saturated heterocycles. The molecule has 0 fully saturated rings. The van der Waals surface area contributed by atoms with E-state index < -0.39 is 18.8 Å². The van der Waals surface area contributed by atoms with Crippen molar-refractivity contribution in [1.82, 2.24) is 0 Å². The Hall–Kier alpha value is 0.269. The Labute approximate surface area is 67.4 Å². The van der Waals surface area contributed by atoms with Crippen LogP contribution in [0.15, 0.2) is 0 Å². The van der Waals surface area contributed by atoms with Crippen molar-refractivity contribution in [2.75, 3.05) is 0 Å². The van der Waals surface area contributed by atoms with E-state index in [1.807, 2.05) is 6.92 Å². The first-order chi connectivity index (χ1) is 4.45. The van der Waals surface area contributed by atoms with E-state index in [4.69, 9.17) is 3.07 Å². The fourth-order valence-electron chi connectivity index (χ4n) is 0.597. The standard InChI is InChI=1S/C4H8O2.3CH3.Sn/c1-2-3-4(5)6;;;;/h2-3H2,1H3,(H,5,6);3*1H3;/q;;;;+1/p-1. The van der Waals surface area contributed by atoms with Gasteiger partial charge in [-0.2, -0.15) is 0 Å². The predicted molar refractivity (Wildman–Crippen MR) is 44.3 cm³/mol. The summed E-state index contributed by atoms with van der Waals surface area (Å²) in [5.41, 5.74) is 0. The molecule has 10 heavy (non-hydrogen) atoms. The predicted octanol–water partition coefficient (Wildman–Crippen LogP) is 2.16. The van der Waals surface area contributed by atoms with Crippen molar-refractivity contribution in [2.24, 2.45) is 0 Å². The molecule has 0 amide bonds. The van der Waals surface area contributed by atoms with E-state index in [0.717, 1.165) is 6.42 Å². The molecule has 0 aliphatic heterocycles. The SMILES string of the molecule is CCCC(=O)[O][Sn]([CH3])([CH3])[CH3]. The van der Waals surface area contributed by atoms with Crippen LogP contribution >= 0.6 is 0 Å². The van der Waals surface area contributed by atoms with Gasteiger partial charge in [-0.25, -0.2) is 0 Å². The first-order valence-corrected chi connectivity index (χ1v) is 13.4. The zero-order valence-electron chi connectivity index (χ0n) is 7.23. The van der Waals surface area contributed by atoms with Crippen molar-refractivity contribution in [1.29, 1.82) is 0 Å². The Morgan fingerprint density at radius 2 is 1.90 bits per heavy atom. The molecule has 0 aromatic heterocycles. The third-order valence-electron chi connectivity index (χ3n) is 0.874. The van der Waals surface area contributed by atoms with Gasteiger partial charge in [-0.15, -0.1) is 0 Å². The van der Waals surface area contributed by atoms with Gasteiger partial charge in [0, 0.05) is 0 Å². The summed E-state index contributed by atoms with van der Waals surface area (Å²) in [6.45, 7) is 1.99. The molecule has 3 heteroatoms. The van der Waals surface area contributed by atoms with Crippen LogP contribution in [-0.2, 0) is 7.87 Å². The molecule has 0 rings (SSSR count). The summed E-state index contributed by atoms with van der Waals surface area (Å²) < 4.78 is 5.25. The minimum absolute atomic E-state index is 0.00852. The van der Waals surface area contributed by atoms with Crippen molar-refractivity contribution in [2.45, 2.75) is 34.6 Å². The quantitative estimate of drug-likeness (QED) is 0.718. The molecule has 60 valence electrons. The van der Waals surface area contributed by atoms with Crippen molar-refractivity contribution in [3.63, 3.8) is 0 Å². The number of hydrogen-bond acceptors (Lipinski definition) is 2. The molecule has 0 bridgehead atoms. The Balaban J connectivity index is 3.58. The van der Waals surface area contributed by atoms with E-state index in [9.17, 15) is 4.79 Å². The van der Waals surface area contributed by atoms with Crippen LogP contribution in [-0.4, -0.2) is 24.8 Å². The molecule has 0 aliphatic rings. The average molecular weight is 251 g/mol. The summed E-state index contributed by atoms with van der Waals surface area (Å²) in [5.74, 6) is -0.00852. The van der Waals surface area contributed by atoms with Gasteiger partial charge in [0.1, 0.15) is 0 Å². The van der Waals surface area contributed by atoms with E-state index in [-0.39, 0.29) is 5.97 Å². The molecule has 0 aliphatic carbocycles. The fraction of sp³-hybridized carbons (Fsp3) is 0.857. The molecule has 0 saturated carbocycles. The number of hydrogen-bond donors (Lipinski definition) is 0. The van der Waals surface area contributed by atoms with Crippen LogP contribution < -0.4 is 0 Å². The van der Waals surface area contributed by atoms with Gasteiger partial charge in [0.2, 0.25) is 0 Å². The molecule has 0 unspecified atom stereocenters.